The quantitative estimate of drug-likeness (QED) is 0.756. The topological polar surface area (TPSA) is 75.5 Å². The monoisotopic (exact) mass is 292 g/mol. The summed E-state index contributed by atoms with van der Waals surface area (Å²) in [5.74, 6) is -0.351. The lowest BCUT2D eigenvalue weighted by atomic mass is 10.1. The van der Waals surface area contributed by atoms with E-state index in [0.29, 0.717) is 23.4 Å². The third kappa shape index (κ3) is 1.85. The summed E-state index contributed by atoms with van der Waals surface area (Å²) in [6.45, 7) is 0.430. The highest BCUT2D eigenvalue weighted by molar-refractivity contribution is 6.10. The number of rotatable bonds is 2. The van der Waals surface area contributed by atoms with Gasteiger partial charge in [0.05, 0.1) is 17.3 Å². The fourth-order valence-electron chi connectivity index (χ4n) is 2.67. The van der Waals surface area contributed by atoms with Gasteiger partial charge in [0.2, 0.25) is 0 Å². The summed E-state index contributed by atoms with van der Waals surface area (Å²) in [6, 6.07) is 10.9. The lowest BCUT2D eigenvalue weighted by molar-refractivity contribution is 0.0964. The molecule has 0 saturated heterocycles. The van der Waals surface area contributed by atoms with Gasteiger partial charge in [0.1, 0.15) is 0 Å². The maximum Gasteiger partial charge on any atom is 0.259 e. The van der Waals surface area contributed by atoms with Crippen LogP contribution < -0.4 is 10.6 Å². The number of fused-ring (bicyclic) bond motifs is 2. The fraction of sp³-hybridized carbons (Fsp3) is 0.0625. The number of hydrogen-bond donors (Lipinski definition) is 2. The Balaban J connectivity index is 1.70. The smallest absolute Gasteiger partial charge is 0.259 e. The van der Waals surface area contributed by atoms with Crippen LogP contribution in [0.4, 0.5) is 5.69 Å². The van der Waals surface area contributed by atoms with Gasteiger partial charge in [-0.1, -0.05) is 12.1 Å². The molecule has 0 spiro atoms. The Hall–Kier alpha value is -3.15. The second-order valence-electron chi connectivity index (χ2n) is 5.06. The molecule has 0 bridgehead atoms. The Bertz CT molecular complexity index is 913. The largest absolute Gasteiger partial charge is 0.348 e. The van der Waals surface area contributed by atoms with E-state index in [0.717, 1.165) is 11.1 Å². The fourth-order valence-corrected chi connectivity index (χ4v) is 2.67. The highest BCUT2D eigenvalue weighted by Gasteiger charge is 2.22. The zero-order chi connectivity index (χ0) is 15.1. The average molecular weight is 292 g/mol. The molecule has 2 N–H and O–H groups in total. The molecule has 4 rings (SSSR count). The molecule has 108 valence electrons. The van der Waals surface area contributed by atoms with Crippen LogP contribution in [-0.4, -0.2) is 21.4 Å². The summed E-state index contributed by atoms with van der Waals surface area (Å²) < 4.78 is 1.65. The lowest BCUT2D eigenvalue weighted by Crippen LogP contribution is -2.13. The van der Waals surface area contributed by atoms with Gasteiger partial charge in [-0.3, -0.25) is 9.59 Å². The minimum absolute atomic E-state index is 0.109. The van der Waals surface area contributed by atoms with Crippen molar-refractivity contribution in [2.45, 2.75) is 6.54 Å². The van der Waals surface area contributed by atoms with Crippen molar-refractivity contribution in [3.63, 3.8) is 0 Å². The second-order valence-corrected chi connectivity index (χ2v) is 5.06. The Kier molecular flexibility index (Phi) is 2.69. The van der Waals surface area contributed by atoms with Gasteiger partial charge in [-0.2, -0.15) is 5.10 Å². The van der Waals surface area contributed by atoms with Crippen molar-refractivity contribution in [3.05, 3.63) is 65.5 Å². The molecule has 3 heterocycles. The van der Waals surface area contributed by atoms with E-state index in [2.05, 4.69) is 15.7 Å². The summed E-state index contributed by atoms with van der Waals surface area (Å²) in [7, 11) is 0. The number of aromatic nitrogens is 2. The second kappa shape index (κ2) is 4.70. The van der Waals surface area contributed by atoms with Crippen LogP contribution in [0, 0.1) is 0 Å². The van der Waals surface area contributed by atoms with E-state index >= 15 is 0 Å². The molecule has 6 nitrogen and oxygen atoms in total. The molecule has 0 saturated carbocycles. The van der Waals surface area contributed by atoms with Crippen molar-refractivity contribution in [3.8, 4) is 0 Å². The van der Waals surface area contributed by atoms with E-state index in [1.54, 1.807) is 28.9 Å². The van der Waals surface area contributed by atoms with Crippen LogP contribution in [0.3, 0.4) is 0 Å². The number of nitrogens with zero attached hydrogens (tertiary/aromatic N) is 2. The first-order valence-electron chi connectivity index (χ1n) is 6.88. The Morgan fingerprint density at radius 1 is 1.23 bits per heavy atom. The number of anilines is 1. The highest BCUT2D eigenvalue weighted by Crippen LogP contribution is 2.25. The average Bonchev–Trinajstić information content (AvgIpc) is 3.12. The molecule has 0 atom stereocenters. The van der Waals surface area contributed by atoms with Gasteiger partial charge >= 0.3 is 0 Å². The van der Waals surface area contributed by atoms with E-state index in [1.807, 2.05) is 18.2 Å². The van der Waals surface area contributed by atoms with Crippen LogP contribution in [0.15, 0.2) is 48.8 Å². The number of hydrogen-bond acceptors (Lipinski definition) is 3. The maximum atomic E-state index is 12.5. The van der Waals surface area contributed by atoms with Gasteiger partial charge in [-0.15, -0.1) is 0 Å². The minimum atomic E-state index is -0.242. The predicted molar refractivity (Wildman–Crippen MR) is 80.8 cm³/mol. The SMILES string of the molecule is O=C1NCc2c(NC(=O)c3cnn4ccccc34)cccc21. The molecule has 6 heteroatoms. The standard InChI is InChI=1S/C16H12N4O2/c21-15-10-4-3-5-13(11(10)8-17-15)19-16(22)12-9-18-20-7-2-1-6-14(12)20/h1-7,9H,8H2,(H,17,21)(H,19,22). The number of carbonyl (C=O) groups excluding carboxylic acids is 2. The van der Waals surface area contributed by atoms with E-state index in [4.69, 9.17) is 0 Å². The number of benzene rings is 1. The zero-order valence-corrected chi connectivity index (χ0v) is 11.5. The van der Waals surface area contributed by atoms with Crippen molar-refractivity contribution in [1.82, 2.24) is 14.9 Å². The van der Waals surface area contributed by atoms with Crippen LogP contribution in [0.25, 0.3) is 5.52 Å². The van der Waals surface area contributed by atoms with Gasteiger partial charge < -0.3 is 10.6 Å². The van der Waals surface area contributed by atoms with Gasteiger partial charge in [-0.25, -0.2) is 4.52 Å². The van der Waals surface area contributed by atoms with Crippen molar-refractivity contribution in [2.24, 2.45) is 0 Å². The molecule has 0 fully saturated rings. The molecule has 22 heavy (non-hydrogen) atoms. The van der Waals surface area contributed by atoms with Gasteiger partial charge in [0, 0.05) is 29.6 Å². The van der Waals surface area contributed by atoms with Gasteiger partial charge in [0.25, 0.3) is 11.8 Å². The van der Waals surface area contributed by atoms with Crippen LogP contribution in [0.2, 0.25) is 0 Å². The van der Waals surface area contributed by atoms with E-state index in [-0.39, 0.29) is 11.8 Å². The lowest BCUT2D eigenvalue weighted by Gasteiger charge is -2.08. The number of nitrogens with one attached hydrogen (secondary N) is 2. The molecule has 3 aromatic rings. The third-order valence-corrected chi connectivity index (χ3v) is 3.77. The molecule has 0 radical (unpaired) electrons. The molecule has 0 aliphatic carbocycles. The highest BCUT2D eigenvalue weighted by atomic mass is 16.2. The van der Waals surface area contributed by atoms with Crippen molar-refractivity contribution >= 4 is 23.0 Å². The van der Waals surface area contributed by atoms with Crippen molar-refractivity contribution in [2.75, 3.05) is 5.32 Å². The molecule has 2 aromatic heterocycles. The Labute approximate surface area is 125 Å². The molecular formula is C16H12N4O2. The van der Waals surface area contributed by atoms with Gasteiger partial charge in [-0.05, 0) is 24.3 Å². The van der Waals surface area contributed by atoms with E-state index in [1.165, 1.54) is 6.20 Å². The van der Waals surface area contributed by atoms with Crippen LogP contribution in [0.1, 0.15) is 26.3 Å². The Morgan fingerprint density at radius 2 is 2.14 bits per heavy atom. The summed E-state index contributed by atoms with van der Waals surface area (Å²) in [5, 5.41) is 9.78. The van der Waals surface area contributed by atoms with Gasteiger partial charge in [0.15, 0.2) is 0 Å². The predicted octanol–water partition coefficient (Wildman–Crippen LogP) is 1.83. The number of amides is 2. The first kappa shape index (κ1) is 12.6. The van der Waals surface area contributed by atoms with Crippen LogP contribution in [-0.2, 0) is 6.54 Å². The van der Waals surface area contributed by atoms with Crippen LogP contribution >= 0.6 is 0 Å². The number of carbonyl (C=O) groups is 2. The van der Waals surface area contributed by atoms with Crippen LogP contribution in [0.5, 0.6) is 0 Å². The third-order valence-electron chi connectivity index (χ3n) is 3.77. The molecule has 1 aliphatic rings. The van der Waals surface area contributed by atoms with E-state index < -0.39 is 0 Å². The minimum Gasteiger partial charge on any atom is -0.348 e. The first-order chi connectivity index (χ1) is 10.7. The van der Waals surface area contributed by atoms with Crippen molar-refractivity contribution in [1.29, 1.82) is 0 Å². The molecule has 0 unspecified atom stereocenters. The molecular weight excluding hydrogens is 280 g/mol. The molecule has 1 aliphatic heterocycles. The van der Waals surface area contributed by atoms with Crippen molar-refractivity contribution < 1.29 is 9.59 Å². The summed E-state index contributed by atoms with van der Waals surface area (Å²) in [5.41, 5.74) is 3.31. The zero-order valence-electron chi connectivity index (χ0n) is 11.5. The summed E-state index contributed by atoms with van der Waals surface area (Å²) >= 11 is 0. The number of pyridine rings is 1. The molecule has 2 amide bonds. The molecule has 1 aromatic carbocycles. The maximum absolute atomic E-state index is 12.5. The Morgan fingerprint density at radius 3 is 3.05 bits per heavy atom. The van der Waals surface area contributed by atoms with E-state index in [9.17, 15) is 9.59 Å². The summed E-state index contributed by atoms with van der Waals surface area (Å²) in [6.07, 6.45) is 3.33. The first-order valence-corrected chi connectivity index (χ1v) is 6.88. The summed E-state index contributed by atoms with van der Waals surface area (Å²) in [4.78, 5) is 24.2. The normalized spacial score (nSPS) is 13.0.